The van der Waals surface area contributed by atoms with Gasteiger partial charge in [0, 0.05) is 12.7 Å². The SMILES string of the molecule is CCNCc1ccc(COC(C(F)(F)F)C(F)(F)F)nc1. The first-order valence-electron chi connectivity index (χ1n) is 6.04. The summed E-state index contributed by atoms with van der Waals surface area (Å²) in [5.74, 6) is 0. The molecule has 0 radical (unpaired) electrons. The number of pyridine rings is 1. The number of ether oxygens (including phenoxy) is 1. The van der Waals surface area contributed by atoms with E-state index in [1.165, 1.54) is 12.3 Å². The van der Waals surface area contributed by atoms with Gasteiger partial charge in [0.2, 0.25) is 6.10 Å². The smallest absolute Gasteiger partial charge is 0.354 e. The lowest BCUT2D eigenvalue weighted by Crippen LogP contribution is -2.44. The summed E-state index contributed by atoms with van der Waals surface area (Å²) >= 11 is 0. The molecule has 0 unspecified atom stereocenters. The third-order valence-corrected chi connectivity index (χ3v) is 2.46. The summed E-state index contributed by atoms with van der Waals surface area (Å²) < 4.78 is 77.4. The maximum Gasteiger partial charge on any atom is 0.423 e. The Morgan fingerprint density at radius 2 is 1.76 bits per heavy atom. The second kappa shape index (κ2) is 7.08. The van der Waals surface area contributed by atoms with E-state index in [1.807, 2.05) is 6.92 Å². The van der Waals surface area contributed by atoms with Crippen LogP contribution >= 0.6 is 0 Å². The molecule has 1 aromatic rings. The summed E-state index contributed by atoms with van der Waals surface area (Å²) in [6, 6.07) is 2.89. The first kappa shape index (κ1) is 17.7. The summed E-state index contributed by atoms with van der Waals surface area (Å²) in [4.78, 5) is 3.77. The van der Waals surface area contributed by atoms with E-state index in [-0.39, 0.29) is 5.69 Å². The van der Waals surface area contributed by atoms with E-state index in [4.69, 9.17) is 0 Å². The van der Waals surface area contributed by atoms with E-state index in [9.17, 15) is 26.3 Å². The van der Waals surface area contributed by atoms with Crippen molar-refractivity contribution in [2.75, 3.05) is 6.54 Å². The monoisotopic (exact) mass is 316 g/mol. The average molecular weight is 316 g/mol. The summed E-state index contributed by atoms with van der Waals surface area (Å²) in [6.07, 6.45) is -13.5. The number of rotatable bonds is 6. The lowest BCUT2D eigenvalue weighted by Gasteiger charge is -2.22. The van der Waals surface area contributed by atoms with Gasteiger partial charge in [-0.3, -0.25) is 4.98 Å². The third-order valence-electron chi connectivity index (χ3n) is 2.46. The zero-order chi connectivity index (χ0) is 16.1. The van der Waals surface area contributed by atoms with Crippen molar-refractivity contribution in [3.8, 4) is 0 Å². The van der Waals surface area contributed by atoms with Crippen LogP contribution in [0.2, 0.25) is 0 Å². The molecule has 3 nitrogen and oxygen atoms in total. The predicted octanol–water partition coefficient (Wildman–Crippen LogP) is 3.20. The number of aromatic nitrogens is 1. The van der Waals surface area contributed by atoms with Crippen LogP contribution in [0.1, 0.15) is 18.2 Å². The Bertz CT molecular complexity index is 415. The van der Waals surface area contributed by atoms with Gasteiger partial charge in [0.15, 0.2) is 0 Å². The zero-order valence-corrected chi connectivity index (χ0v) is 11.1. The van der Waals surface area contributed by atoms with Crippen molar-refractivity contribution in [3.05, 3.63) is 29.6 Å². The third kappa shape index (κ3) is 5.88. The molecule has 0 saturated carbocycles. The Balaban J connectivity index is 2.64. The maximum absolute atomic E-state index is 12.2. The molecule has 0 aliphatic heterocycles. The largest absolute Gasteiger partial charge is 0.423 e. The van der Waals surface area contributed by atoms with Gasteiger partial charge in [0.1, 0.15) is 0 Å². The summed E-state index contributed by atoms with van der Waals surface area (Å²) in [6.45, 7) is 2.26. The molecule has 0 fully saturated rings. The van der Waals surface area contributed by atoms with Crippen LogP contribution in [-0.2, 0) is 17.9 Å². The standard InChI is InChI=1S/C12H14F6N2O/c1-2-19-5-8-3-4-9(20-6-8)7-21-10(11(13,14)15)12(16,17)18/h3-4,6,10,19H,2,5,7H2,1H3. The highest BCUT2D eigenvalue weighted by Crippen LogP contribution is 2.36. The Morgan fingerprint density at radius 1 is 1.14 bits per heavy atom. The number of nitrogens with one attached hydrogen (secondary N) is 1. The normalized spacial score (nSPS) is 13.0. The molecule has 0 aliphatic rings. The molecule has 0 aromatic carbocycles. The van der Waals surface area contributed by atoms with Crippen LogP contribution in [0.15, 0.2) is 18.3 Å². The van der Waals surface area contributed by atoms with Crippen molar-refractivity contribution in [2.45, 2.75) is 38.5 Å². The minimum atomic E-state index is -5.51. The van der Waals surface area contributed by atoms with Gasteiger partial charge in [-0.05, 0) is 18.2 Å². The first-order chi connectivity index (χ1) is 9.64. The van der Waals surface area contributed by atoms with Crippen LogP contribution in [0.5, 0.6) is 0 Å². The molecule has 0 bridgehead atoms. The average Bonchev–Trinajstić information content (AvgIpc) is 2.34. The van der Waals surface area contributed by atoms with Gasteiger partial charge in [0.25, 0.3) is 0 Å². The van der Waals surface area contributed by atoms with Crippen LogP contribution in [-0.4, -0.2) is 30.0 Å². The summed E-state index contributed by atoms with van der Waals surface area (Å²) in [5.41, 5.74) is 0.762. The van der Waals surface area contributed by atoms with Crippen molar-refractivity contribution < 1.29 is 31.1 Å². The molecule has 1 rings (SSSR count). The van der Waals surface area contributed by atoms with Crippen LogP contribution in [0.4, 0.5) is 26.3 Å². The molecular formula is C12H14F6N2O. The Morgan fingerprint density at radius 3 is 2.19 bits per heavy atom. The molecule has 0 spiro atoms. The van der Waals surface area contributed by atoms with E-state index < -0.39 is 25.1 Å². The maximum atomic E-state index is 12.2. The molecule has 0 atom stereocenters. The lowest BCUT2D eigenvalue weighted by atomic mass is 10.2. The zero-order valence-electron chi connectivity index (χ0n) is 11.1. The number of nitrogens with zero attached hydrogens (tertiary/aromatic N) is 1. The molecule has 1 heterocycles. The minimum absolute atomic E-state index is 0.00579. The predicted molar refractivity (Wildman–Crippen MR) is 62.3 cm³/mol. The van der Waals surface area contributed by atoms with Crippen LogP contribution in [0.3, 0.4) is 0 Å². The molecule has 0 amide bonds. The number of hydrogen-bond acceptors (Lipinski definition) is 3. The second-order valence-corrected chi connectivity index (χ2v) is 4.21. The van der Waals surface area contributed by atoms with Crippen LogP contribution in [0, 0.1) is 0 Å². The fourth-order valence-electron chi connectivity index (χ4n) is 1.46. The molecule has 120 valence electrons. The highest BCUT2D eigenvalue weighted by molar-refractivity contribution is 5.13. The van der Waals surface area contributed by atoms with E-state index in [0.29, 0.717) is 6.54 Å². The van der Waals surface area contributed by atoms with Gasteiger partial charge in [-0.15, -0.1) is 0 Å². The summed E-state index contributed by atoms with van der Waals surface area (Å²) in [7, 11) is 0. The van der Waals surface area contributed by atoms with Crippen molar-refractivity contribution in [1.29, 1.82) is 0 Å². The molecule has 1 aromatic heterocycles. The Labute approximate surface area is 117 Å². The molecule has 21 heavy (non-hydrogen) atoms. The van der Waals surface area contributed by atoms with Crippen molar-refractivity contribution in [2.24, 2.45) is 0 Å². The topological polar surface area (TPSA) is 34.1 Å². The minimum Gasteiger partial charge on any atom is -0.354 e. The van der Waals surface area contributed by atoms with Crippen molar-refractivity contribution in [1.82, 2.24) is 10.3 Å². The highest BCUT2D eigenvalue weighted by Gasteiger charge is 2.57. The van der Waals surface area contributed by atoms with Gasteiger partial charge >= 0.3 is 12.4 Å². The molecule has 0 aliphatic carbocycles. The fourth-order valence-corrected chi connectivity index (χ4v) is 1.46. The number of halogens is 6. The molecular weight excluding hydrogens is 302 g/mol. The Kier molecular flexibility index (Phi) is 5.97. The first-order valence-corrected chi connectivity index (χ1v) is 6.04. The molecule has 9 heteroatoms. The van der Waals surface area contributed by atoms with Gasteiger partial charge in [0.05, 0.1) is 12.3 Å². The highest BCUT2D eigenvalue weighted by atomic mass is 19.4. The lowest BCUT2D eigenvalue weighted by molar-refractivity contribution is -0.324. The second-order valence-electron chi connectivity index (χ2n) is 4.21. The van der Waals surface area contributed by atoms with E-state index >= 15 is 0 Å². The van der Waals surface area contributed by atoms with Crippen molar-refractivity contribution in [3.63, 3.8) is 0 Å². The van der Waals surface area contributed by atoms with Gasteiger partial charge < -0.3 is 10.1 Å². The van der Waals surface area contributed by atoms with Crippen LogP contribution in [0.25, 0.3) is 0 Å². The van der Waals surface area contributed by atoms with Gasteiger partial charge in [-0.1, -0.05) is 13.0 Å². The van der Waals surface area contributed by atoms with Crippen LogP contribution < -0.4 is 5.32 Å². The van der Waals surface area contributed by atoms with E-state index in [1.54, 1.807) is 6.07 Å². The quantitative estimate of drug-likeness (QED) is 0.819. The Hall–Kier alpha value is -1.35. The van der Waals surface area contributed by atoms with Gasteiger partial charge in [-0.25, -0.2) is 0 Å². The van der Waals surface area contributed by atoms with E-state index in [2.05, 4.69) is 15.0 Å². The summed E-state index contributed by atoms with van der Waals surface area (Å²) in [5, 5.41) is 3.01. The van der Waals surface area contributed by atoms with Crippen molar-refractivity contribution >= 4 is 0 Å². The number of alkyl halides is 6. The van der Waals surface area contributed by atoms with Gasteiger partial charge in [-0.2, -0.15) is 26.3 Å². The molecule has 0 saturated heterocycles. The fraction of sp³-hybridized carbons (Fsp3) is 0.583. The molecule has 1 N–H and O–H groups in total. The number of hydrogen-bond donors (Lipinski definition) is 1. The van der Waals surface area contributed by atoms with E-state index in [0.717, 1.165) is 12.1 Å².